The molecule has 3 saturated carbocycles. The Morgan fingerprint density at radius 3 is 2.23 bits per heavy atom. The topological polar surface area (TPSA) is 114 Å². The largest absolute Gasteiger partial charge is 0.496 e. The van der Waals surface area contributed by atoms with Gasteiger partial charge in [0.25, 0.3) is 5.91 Å². The van der Waals surface area contributed by atoms with E-state index in [0.717, 1.165) is 18.2 Å². The molecule has 2 bridgehead atoms. The highest BCUT2D eigenvalue weighted by molar-refractivity contribution is 8.45. The second-order valence-electron chi connectivity index (χ2n) is 11.8. The van der Waals surface area contributed by atoms with E-state index < -0.39 is 68.4 Å². The molecule has 3 aliphatic rings. The highest BCUT2D eigenvalue weighted by Crippen LogP contribution is 3.02. The number of anilines is 1. The lowest BCUT2D eigenvalue weighted by molar-refractivity contribution is -0.143. The summed E-state index contributed by atoms with van der Waals surface area (Å²) in [5.41, 5.74) is -0.526. The highest BCUT2D eigenvalue weighted by atomic mass is 32.5. The molecule has 2 aromatic carbocycles. The summed E-state index contributed by atoms with van der Waals surface area (Å²) < 4.78 is 92.5. The summed E-state index contributed by atoms with van der Waals surface area (Å²) in [6.07, 6.45) is 2.94. The SMILES string of the molecule is COc1cc(F)c(OC2CCC(C(=O)O)CC2)cc1C(=O)NC1C2CCC(C2)C1C(=O)Nc1cccc(S(F)(F)(F)(F)F)c1. The van der Waals surface area contributed by atoms with E-state index in [1.54, 1.807) is 0 Å². The summed E-state index contributed by atoms with van der Waals surface area (Å²) in [5, 5.41) is 14.3. The van der Waals surface area contributed by atoms with Crippen LogP contribution in [-0.2, 0) is 9.59 Å². The van der Waals surface area contributed by atoms with Crippen molar-refractivity contribution in [2.45, 2.75) is 62.0 Å². The minimum absolute atomic E-state index is 0.0753. The number of halogens is 6. The van der Waals surface area contributed by atoms with Crippen molar-refractivity contribution in [3.05, 3.63) is 47.8 Å². The van der Waals surface area contributed by atoms with E-state index in [1.807, 2.05) is 0 Å². The van der Waals surface area contributed by atoms with E-state index in [0.29, 0.717) is 44.9 Å². The third kappa shape index (κ3) is 6.71. The van der Waals surface area contributed by atoms with Crippen molar-refractivity contribution in [1.29, 1.82) is 0 Å². The molecule has 8 nitrogen and oxygen atoms in total. The second-order valence-corrected chi connectivity index (χ2v) is 14.2. The van der Waals surface area contributed by atoms with Crippen LogP contribution < -0.4 is 20.1 Å². The van der Waals surface area contributed by atoms with Crippen LogP contribution in [0.1, 0.15) is 55.3 Å². The van der Waals surface area contributed by atoms with Gasteiger partial charge in [-0.25, -0.2) is 4.39 Å². The van der Waals surface area contributed by atoms with Crippen LogP contribution in [0.2, 0.25) is 0 Å². The summed E-state index contributed by atoms with van der Waals surface area (Å²) >= 11 is 0. The highest BCUT2D eigenvalue weighted by Gasteiger charge is 2.65. The van der Waals surface area contributed by atoms with Crippen LogP contribution >= 0.6 is 10.2 Å². The third-order valence-corrected chi connectivity index (χ3v) is 10.0. The van der Waals surface area contributed by atoms with E-state index in [9.17, 15) is 43.3 Å². The fourth-order valence-corrected chi connectivity index (χ4v) is 7.41. The Labute approximate surface area is 249 Å². The number of fused-ring (bicyclic) bond motifs is 2. The van der Waals surface area contributed by atoms with Gasteiger partial charge in [-0.3, -0.25) is 14.4 Å². The minimum Gasteiger partial charge on any atom is -0.496 e. The summed E-state index contributed by atoms with van der Waals surface area (Å²) in [4.78, 5) is 35.9. The summed E-state index contributed by atoms with van der Waals surface area (Å²) in [6.45, 7) is 0. The Kier molecular flexibility index (Phi) is 7.78. The molecule has 2 amide bonds. The lowest BCUT2D eigenvalue weighted by atomic mass is 9.83. The molecular weight excluding hydrogens is 618 g/mol. The molecule has 44 heavy (non-hydrogen) atoms. The zero-order chi connectivity index (χ0) is 32.1. The van der Waals surface area contributed by atoms with Gasteiger partial charge < -0.3 is 25.2 Å². The van der Waals surface area contributed by atoms with Crippen LogP contribution in [0.5, 0.6) is 11.5 Å². The first-order valence-electron chi connectivity index (χ1n) is 14.2. The van der Waals surface area contributed by atoms with Gasteiger partial charge in [0.05, 0.1) is 30.6 Å². The van der Waals surface area contributed by atoms with E-state index in [4.69, 9.17) is 9.47 Å². The standard InChI is InChI=1S/C29H32F6N2O6S/c1-42-23-14-22(30)24(43-19-9-7-15(8-10-19)29(40)41)13-21(23)27(38)37-26-17-6-5-16(11-17)25(26)28(39)36-18-3-2-4-20(12-18)44(31,32,33,34)35/h2-4,12-17,19,25-26H,5-11H2,1H3,(H,36,39)(H,37,38)(H,40,41). The number of rotatable bonds is 9. The first kappa shape index (κ1) is 31.8. The van der Waals surface area contributed by atoms with Gasteiger partial charge in [-0.15, -0.1) is 0 Å². The molecule has 5 rings (SSSR count). The van der Waals surface area contributed by atoms with Crippen LogP contribution in [-0.4, -0.2) is 42.1 Å². The van der Waals surface area contributed by atoms with Crippen molar-refractivity contribution < 1.29 is 52.8 Å². The molecular formula is C29H32F6N2O6S. The number of carboxylic acids is 1. The number of carbonyl (C=O) groups is 3. The molecule has 0 aliphatic heterocycles. The molecule has 3 aliphatic carbocycles. The summed E-state index contributed by atoms with van der Waals surface area (Å²) in [6, 6.07) is 3.73. The van der Waals surface area contributed by atoms with Crippen molar-refractivity contribution in [2.75, 3.05) is 12.4 Å². The molecule has 4 atom stereocenters. The molecule has 242 valence electrons. The van der Waals surface area contributed by atoms with E-state index in [-0.39, 0.29) is 41.0 Å². The fraction of sp³-hybridized carbons (Fsp3) is 0.483. The smallest absolute Gasteiger partial charge is 0.310 e. The van der Waals surface area contributed by atoms with Gasteiger partial charge in [-0.2, -0.15) is 0 Å². The van der Waals surface area contributed by atoms with Gasteiger partial charge in [0.2, 0.25) is 5.91 Å². The van der Waals surface area contributed by atoms with Gasteiger partial charge in [0.15, 0.2) is 11.6 Å². The first-order valence-corrected chi connectivity index (χ1v) is 16.1. The first-order chi connectivity index (χ1) is 20.4. The molecule has 0 spiro atoms. The van der Waals surface area contributed by atoms with E-state index >= 15 is 0 Å². The van der Waals surface area contributed by atoms with Crippen LogP contribution in [0.3, 0.4) is 0 Å². The number of carbonyl (C=O) groups excluding carboxylic acids is 2. The molecule has 0 heterocycles. The molecule has 3 N–H and O–H groups in total. The Balaban J connectivity index is 1.33. The number of amides is 2. The maximum Gasteiger partial charge on any atom is 0.310 e. The maximum absolute atomic E-state index is 14.9. The van der Waals surface area contributed by atoms with Gasteiger partial charge in [-0.1, -0.05) is 25.5 Å². The predicted octanol–water partition coefficient (Wildman–Crippen LogP) is 7.30. The Hall–Kier alpha value is -3.62. The van der Waals surface area contributed by atoms with Crippen LogP contribution in [0.15, 0.2) is 41.3 Å². The maximum atomic E-state index is 14.9. The molecule has 0 aromatic heterocycles. The van der Waals surface area contributed by atoms with Crippen molar-refractivity contribution in [3.63, 3.8) is 0 Å². The number of nitrogens with one attached hydrogen (secondary N) is 2. The number of hydrogen-bond donors (Lipinski definition) is 3. The van der Waals surface area contributed by atoms with Crippen LogP contribution in [0, 0.1) is 29.5 Å². The molecule has 15 heteroatoms. The van der Waals surface area contributed by atoms with Crippen molar-refractivity contribution in [1.82, 2.24) is 5.32 Å². The van der Waals surface area contributed by atoms with Gasteiger partial charge in [0.1, 0.15) is 10.6 Å². The molecule has 0 radical (unpaired) electrons. The predicted molar refractivity (Wildman–Crippen MR) is 149 cm³/mol. The Bertz CT molecular complexity index is 1480. The van der Waals surface area contributed by atoms with Gasteiger partial charge in [0, 0.05) is 17.8 Å². The molecule has 4 unspecified atom stereocenters. The molecule has 2 aromatic rings. The quantitative estimate of drug-likeness (QED) is 0.246. The van der Waals surface area contributed by atoms with Gasteiger partial charge in [-0.05, 0) is 81.0 Å². The average molecular weight is 651 g/mol. The van der Waals surface area contributed by atoms with E-state index in [2.05, 4.69) is 10.6 Å². The fourth-order valence-electron chi connectivity index (χ4n) is 6.72. The van der Waals surface area contributed by atoms with Gasteiger partial charge >= 0.3 is 16.2 Å². The number of carboxylic acid groups (broad SMARTS) is 1. The number of methoxy groups -OCH3 is 1. The average Bonchev–Trinajstić information content (AvgIpc) is 3.55. The number of hydrogen-bond acceptors (Lipinski definition) is 5. The second kappa shape index (κ2) is 10.8. The van der Waals surface area contributed by atoms with Crippen LogP contribution in [0.25, 0.3) is 0 Å². The zero-order valence-electron chi connectivity index (χ0n) is 23.5. The number of aliphatic carboxylic acids is 1. The van der Waals surface area contributed by atoms with Crippen molar-refractivity contribution >= 4 is 33.7 Å². The Morgan fingerprint density at radius 1 is 0.909 bits per heavy atom. The Morgan fingerprint density at radius 2 is 1.59 bits per heavy atom. The lowest BCUT2D eigenvalue weighted by Gasteiger charge is -2.40. The zero-order valence-corrected chi connectivity index (χ0v) is 24.4. The summed E-state index contributed by atoms with van der Waals surface area (Å²) in [7, 11) is -8.73. The van der Waals surface area contributed by atoms with Crippen LogP contribution in [0.4, 0.5) is 29.5 Å². The lowest BCUT2D eigenvalue weighted by Crippen LogP contribution is -2.48. The monoisotopic (exact) mass is 650 g/mol. The minimum atomic E-state index is -9.97. The van der Waals surface area contributed by atoms with Crippen molar-refractivity contribution in [3.8, 4) is 11.5 Å². The van der Waals surface area contributed by atoms with E-state index in [1.165, 1.54) is 13.2 Å². The summed E-state index contributed by atoms with van der Waals surface area (Å²) in [5.74, 6) is -5.09. The number of benzene rings is 2. The molecule has 3 fully saturated rings. The van der Waals surface area contributed by atoms with Crippen molar-refractivity contribution in [2.24, 2.45) is 23.7 Å². The third-order valence-electron chi connectivity index (χ3n) is 8.88. The molecule has 0 saturated heterocycles. The normalized spacial score (nSPS) is 28.0. The number of ether oxygens (including phenoxy) is 2.